The van der Waals surface area contributed by atoms with Crippen LogP contribution in [0.2, 0.25) is 0 Å². The smallest absolute Gasteiger partial charge is 0.327 e. The molecular formula is C48H73BrN18O9S2. The summed E-state index contributed by atoms with van der Waals surface area (Å²) in [6.07, 6.45) is 1.88. The summed E-state index contributed by atoms with van der Waals surface area (Å²) in [5.41, 5.74) is 40.9. The molecule has 1 aromatic heterocycles. The van der Waals surface area contributed by atoms with Crippen LogP contribution < -0.4 is 77.4 Å². The summed E-state index contributed by atoms with van der Waals surface area (Å²) in [5, 5.41) is 28.8. The molecule has 3 rings (SSSR count). The van der Waals surface area contributed by atoms with Crippen LogP contribution >= 0.6 is 41.2 Å². The number of aliphatic imine (C=N–C) groups is 3. The second-order valence-electron chi connectivity index (χ2n) is 17.9. The normalized spacial score (nSPS) is 14.4. The molecule has 0 aliphatic rings. The molecule has 0 bridgehead atoms. The number of aliphatic carboxylic acids is 1. The number of carbonyl (C=O) groups excluding carboxylic acids is 7. The molecule has 23 N–H and O–H groups in total. The number of thiol groups is 2. The number of nitrogens with two attached hydrogens (primary N) is 7. The molecule has 1 unspecified atom stereocenters. The summed E-state index contributed by atoms with van der Waals surface area (Å²) in [7, 11) is 0. The van der Waals surface area contributed by atoms with E-state index in [1.165, 1.54) is 0 Å². The Labute approximate surface area is 470 Å². The molecule has 3 aromatic rings. The summed E-state index contributed by atoms with van der Waals surface area (Å²) in [6.45, 7) is 1.82. The van der Waals surface area contributed by atoms with Gasteiger partial charge in [0.15, 0.2) is 17.9 Å². The Hall–Kier alpha value is -7.31. The van der Waals surface area contributed by atoms with E-state index < -0.39 is 100 Å². The molecule has 0 radical (unpaired) electrons. The number of amides is 7. The number of H-pyrrole nitrogens is 1. The number of benzene rings is 2. The van der Waals surface area contributed by atoms with Gasteiger partial charge < -0.3 is 87.4 Å². The van der Waals surface area contributed by atoms with Gasteiger partial charge in [0.1, 0.15) is 42.3 Å². The Kier molecular flexibility index (Phi) is 28.1. The maximum Gasteiger partial charge on any atom is 0.327 e. The van der Waals surface area contributed by atoms with Crippen LogP contribution in [0.15, 0.2) is 75.8 Å². The average Bonchev–Trinajstić information content (AvgIpc) is 3.82. The summed E-state index contributed by atoms with van der Waals surface area (Å²) >= 11 is 11.8. The van der Waals surface area contributed by atoms with Crippen molar-refractivity contribution in [3.05, 3.63) is 71.9 Å². The molecule has 7 amide bonds. The maximum absolute atomic E-state index is 14.7. The predicted molar refractivity (Wildman–Crippen MR) is 307 cm³/mol. The number of carboxylic acid groups (broad SMARTS) is 1. The van der Waals surface area contributed by atoms with Crippen LogP contribution in [0, 0.1) is 0 Å². The number of aromatic nitrogens is 1. The van der Waals surface area contributed by atoms with Gasteiger partial charge in [-0.3, -0.25) is 48.5 Å². The number of guanidine groups is 3. The Bertz CT molecular complexity index is 2580. The standard InChI is InChI=1S/C48H73BrN18O9S2/c1-2-30(61-44(74)36(23-77)66-38(68)29(50)13-8-16-57-46(51)52)39(69)62-32(15-9-17-58-47(53)54)40(70)63-33(18-25-10-4-3-5-11-25)41(71)65-35(20-27(49)22-60-48(55)56)43(73)64-34(42(72)67-37(24-78)45(75)76)19-26-21-59-31-14-7-6-12-28(26)31/h3-7,10-12,14,21,27,29-30,32-37,59,77-78H,2,8-9,13,15-20,22-24,50H2,1H3,(H,61,74)(H,62,69)(H,63,70)(H,64,73)(H,65,71)(H,66,68)(H,67,72)(H,75,76)(H4,51,52,57)(H4,53,54,58)(H4,55,56,60)/t27?,29-,30+,32-,33+,34+,35-,36-,37-/m0/s1. The Morgan fingerprint density at radius 2 is 1.04 bits per heavy atom. The lowest BCUT2D eigenvalue weighted by molar-refractivity contribution is -0.141. The van der Waals surface area contributed by atoms with Crippen molar-refractivity contribution < 1.29 is 43.5 Å². The highest BCUT2D eigenvalue weighted by Crippen LogP contribution is 2.20. The van der Waals surface area contributed by atoms with Crippen molar-refractivity contribution in [2.24, 2.45) is 55.1 Å². The van der Waals surface area contributed by atoms with Crippen molar-refractivity contribution in [3.8, 4) is 0 Å². The monoisotopic (exact) mass is 1190 g/mol. The van der Waals surface area contributed by atoms with Crippen LogP contribution in [-0.4, -0.2) is 160 Å². The van der Waals surface area contributed by atoms with Crippen molar-refractivity contribution in [2.45, 2.75) is 111 Å². The van der Waals surface area contributed by atoms with Gasteiger partial charge in [-0.05, 0) is 55.7 Å². The van der Waals surface area contributed by atoms with Gasteiger partial charge in [0.05, 0.1) is 12.6 Å². The predicted octanol–water partition coefficient (Wildman–Crippen LogP) is -3.44. The number of nitrogens with one attached hydrogen (secondary N) is 8. The first-order valence-electron chi connectivity index (χ1n) is 24.8. The summed E-state index contributed by atoms with van der Waals surface area (Å²) in [4.78, 5) is 124. The number of alkyl halides is 1. The molecule has 0 fully saturated rings. The molecule has 30 heteroatoms. The number of aromatic amines is 1. The fourth-order valence-corrected chi connectivity index (χ4v) is 8.65. The average molecular weight is 1190 g/mol. The number of rotatable bonds is 34. The molecule has 0 saturated heterocycles. The molecule has 2 aromatic carbocycles. The highest BCUT2D eigenvalue weighted by atomic mass is 79.9. The maximum atomic E-state index is 14.7. The number of nitrogens with zero attached hydrogens (tertiary/aromatic N) is 3. The number of fused-ring (bicyclic) bond motifs is 1. The van der Waals surface area contributed by atoms with Gasteiger partial charge in [0.2, 0.25) is 41.4 Å². The molecule has 0 spiro atoms. The van der Waals surface area contributed by atoms with E-state index in [4.69, 9.17) is 40.1 Å². The lowest BCUT2D eigenvalue weighted by Gasteiger charge is -2.28. The van der Waals surface area contributed by atoms with Gasteiger partial charge in [-0.1, -0.05) is 71.4 Å². The lowest BCUT2D eigenvalue weighted by Crippen LogP contribution is -2.61. The first-order valence-corrected chi connectivity index (χ1v) is 27.0. The van der Waals surface area contributed by atoms with Gasteiger partial charge in [0, 0.05) is 59.4 Å². The zero-order chi connectivity index (χ0) is 57.9. The Morgan fingerprint density at radius 1 is 0.577 bits per heavy atom. The zero-order valence-corrected chi connectivity index (χ0v) is 46.4. The first-order chi connectivity index (χ1) is 37.1. The Morgan fingerprint density at radius 3 is 1.62 bits per heavy atom. The van der Waals surface area contributed by atoms with Crippen molar-refractivity contribution in [3.63, 3.8) is 0 Å². The molecule has 0 aliphatic carbocycles. The molecular weight excluding hydrogens is 1120 g/mol. The third-order valence-corrected chi connectivity index (χ3v) is 13.2. The summed E-state index contributed by atoms with van der Waals surface area (Å²) < 4.78 is 0. The van der Waals surface area contributed by atoms with Gasteiger partial charge in [-0.15, -0.1) is 0 Å². The molecule has 0 aliphatic heterocycles. The van der Waals surface area contributed by atoms with E-state index in [0.717, 1.165) is 10.9 Å². The zero-order valence-electron chi connectivity index (χ0n) is 43.0. The van der Waals surface area contributed by atoms with Crippen LogP contribution in [0.5, 0.6) is 0 Å². The second-order valence-corrected chi connectivity index (χ2v) is 19.9. The van der Waals surface area contributed by atoms with Crippen LogP contribution in [-0.2, 0) is 51.2 Å². The number of carboxylic acids is 1. The van der Waals surface area contributed by atoms with Crippen molar-refractivity contribution in [1.82, 2.24) is 42.2 Å². The van der Waals surface area contributed by atoms with E-state index in [-0.39, 0.29) is 94.0 Å². The van der Waals surface area contributed by atoms with E-state index >= 15 is 0 Å². The highest BCUT2D eigenvalue weighted by molar-refractivity contribution is 9.09. The second kappa shape index (κ2) is 33.8. The van der Waals surface area contributed by atoms with E-state index in [1.807, 2.05) is 6.07 Å². The molecule has 1 heterocycles. The number of hydrogen-bond donors (Lipinski definition) is 18. The fourth-order valence-electron chi connectivity index (χ4n) is 7.62. The van der Waals surface area contributed by atoms with Crippen molar-refractivity contribution >= 4 is 117 Å². The molecule has 9 atom stereocenters. The van der Waals surface area contributed by atoms with E-state index in [0.29, 0.717) is 17.5 Å². The quantitative estimate of drug-likeness (QED) is 0.00910. The third-order valence-electron chi connectivity index (χ3n) is 11.8. The number of para-hydroxylation sites is 1. The van der Waals surface area contributed by atoms with E-state index in [2.05, 4.69) is 98.4 Å². The van der Waals surface area contributed by atoms with E-state index in [9.17, 15) is 43.5 Å². The van der Waals surface area contributed by atoms with E-state index in [1.54, 1.807) is 61.7 Å². The van der Waals surface area contributed by atoms with Gasteiger partial charge in [0.25, 0.3) is 0 Å². The molecule has 428 valence electrons. The van der Waals surface area contributed by atoms with Gasteiger partial charge in [-0.2, -0.15) is 25.3 Å². The molecule has 0 saturated carbocycles. The fraction of sp³-hybridized carbons (Fsp3) is 0.479. The minimum absolute atomic E-state index is 0.0251. The number of hydrogen-bond acceptors (Lipinski definition) is 14. The first kappa shape index (κ1) is 65.0. The van der Waals surface area contributed by atoms with Crippen molar-refractivity contribution in [1.29, 1.82) is 0 Å². The minimum Gasteiger partial charge on any atom is -0.480 e. The third kappa shape index (κ3) is 22.7. The largest absolute Gasteiger partial charge is 0.480 e. The molecule has 78 heavy (non-hydrogen) atoms. The van der Waals surface area contributed by atoms with Gasteiger partial charge >= 0.3 is 5.97 Å². The van der Waals surface area contributed by atoms with Crippen LogP contribution in [0.1, 0.15) is 56.6 Å². The number of halogens is 1. The lowest BCUT2D eigenvalue weighted by atomic mass is 10.0. The summed E-state index contributed by atoms with van der Waals surface area (Å²) in [5.74, 6) is -8.06. The van der Waals surface area contributed by atoms with Crippen LogP contribution in [0.3, 0.4) is 0 Å². The summed E-state index contributed by atoms with van der Waals surface area (Å²) in [6, 6.07) is 5.21. The Balaban J connectivity index is 1.97. The minimum atomic E-state index is -1.47. The molecule has 27 nitrogen and oxygen atoms in total. The van der Waals surface area contributed by atoms with Crippen LogP contribution in [0.25, 0.3) is 10.9 Å². The number of carbonyl (C=O) groups is 8. The SMILES string of the molecule is CC[C@@H](NC(=O)[C@H](CS)NC(=O)[C@@H](N)CCCN=C(N)N)C(=O)N[C@@H](CCCN=C(N)N)C(=O)N[C@H](Cc1ccccc1)C(=O)N[C@@H](CC(Br)CN=C(N)N)C(=O)N[C@H](Cc1c[nH]c2ccccc12)C(=O)N[C@@H](CS)C(=O)O. The van der Waals surface area contributed by atoms with Gasteiger partial charge in [-0.25, -0.2) is 4.79 Å². The van der Waals surface area contributed by atoms with Crippen molar-refractivity contribution in [2.75, 3.05) is 31.1 Å². The topological polar surface area (TPSA) is 476 Å². The highest BCUT2D eigenvalue weighted by Gasteiger charge is 2.35. The van der Waals surface area contributed by atoms with Crippen LogP contribution in [0.4, 0.5) is 0 Å².